The van der Waals surface area contributed by atoms with Gasteiger partial charge in [0.25, 0.3) is 5.91 Å². The van der Waals surface area contributed by atoms with Crippen molar-refractivity contribution in [3.63, 3.8) is 0 Å². The average molecular weight is 410 g/mol. The second-order valence-electron chi connectivity index (χ2n) is 7.51. The first-order valence-electron chi connectivity index (χ1n) is 9.58. The number of carbonyl (C=O) groups excluding carboxylic acids is 1. The molecule has 1 amide bonds. The number of allylic oxidation sites excluding steroid dienone is 1. The van der Waals surface area contributed by atoms with Gasteiger partial charge in [-0.15, -0.1) is 11.3 Å². The molecule has 144 valence electrons. The van der Waals surface area contributed by atoms with Gasteiger partial charge in [0.1, 0.15) is 0 Å². The lowest BCUT2D eigenvalue weighted by atomic mass is 10.1. The smallest absolute Gasteiger partial charge is 0.252 e. The zero-order chi connectivity index (χ0) is 19.3. The SMILES string of the molecule is Cc1nc2ccc(C3=CC(=O)N4C=C(N5CCN(C)CC5)C=CC4P3)cc2s1. The highest BCUT2D eigenvalue weighted by molar-refractivity contribution is 7.51. The predicted octanol–water partition coefficient (Wildman–Crippen LogP) is 3.45. The van der Waals surface area contributed by atoms with Crippen LogP contribution in [0, 0.1) is 6.92 Å². The number of rotatable bonds is 2. The van der Waals surface area contributed by atoms with Gasteiger partial charge in [0.15, 0.2) is 0 Å². The maximum atomic E-state index is 12.9. The van der Waals surface area contributed by atoms with E-state index in [1.807, 2.05) is 24.1 Å². The van der Waals surface area contributed by atoms with Gasteiger partial charge in [-0.25, -0.2) is 4.98 Å². The van der Waals surface area contributed by atoms with E-state index in [0.29, 0.717) is 8.58 Å². The molecule has 2 atom stereocenters. The van der Waals surface area contributed by atoms with Crippen molar-refractivity contribution in [3.8, 4) is 0 Å². The number of benzene rings is 1. The molecule has 2 aromatic rings. The predicted molar refractivity (Wildman–Crippen MR) is 118 cm³/mol. The van der Waals surface area contributed by atoms with Gasteiger partial charge in [-0.3, -0.25) is 4.79 Å². The lowest BCUT2D eigenvalue weighted by molar-refractivity contribution is -0.123. The molecule has 5 rings (SSSR count). The number of aromatic nitrogens is 1. The van der Waals surface area contributed by atoms with Crippen molar-refractivity contribution in [1.29, 1.82) is 0 Å². The minimum Gasteiger partial charge on any atom is -0.368 e. The minimum atomic E-state index is 0.0790. The molecule has 5 nitrogen and oxygen atoms in total. The normalized spacial score (nSPS) is 23.9. The molecule has 0 bridgehead atoms. The average Bonchev–Trinajstić information content (AvgIpc) is 3.07. The summed E-state index contributed by atoms with van der Waals surface area (Å²) in [4.78, 5) is 24.1. The Kier molecular flexibility index (Phi) is 4.58. The number of nitrogens with zero attached hydrogens (tertiary/aromatic N) is 4. The van der Waals surface area contributed by atoms with Gasteiger partial charge in [0, 0.05) is 38.5 Å². The van der Waals surface area contributed by atoms with Crippen molar-refractivity contribution in [2.45, 2.75) is 12.7 Å². The highest BCUT2D eigenvalue weighted by Gasteiger charge is 2.30. The van der Waals surface area contributed by atoms with Crippen LogP contribution < -0.4 is 0 Å². The van der Waals surface area contributed by atoms with Crippen molar-refractivity contribution >= 4 is 41.4 Å². The van der Waals surface area contributed by atoms with Crippen molar-refractivity contribution < 1.29 is 4.79 Å². The highest BCUT2D eigenvalue weighted by Crippen LogP contribution is 2.45. The van der Waals surface area contributed by atoms with Crippen molar-refractivity contribution in [2.24, 2.45) is 0 Å². The fourth-order valence-corrected chi connectivity index (χ4v) is 6.14. The summed E-state index contributed by atoms with van der Waals surface area (Å²) >= 11 is 1.71. The van der Waals surface area contributed by atoms with E-state index < -0.39 is 0 Å². The van der Waals surface area contributed by atoms with E-state index in [0.717, 1.165) is 53.3 Å². The lowest BCUT2D eigenvalue weighted by Gasteiger charge is -2.39. The molecule has 7 heteroatoms. The maximum absolute atomic E-state index is 12.9. The number of amides is 1. The second kappa shape index (κ2) is 7.11. The number of fused-ring (bicyclic) bond motifs is 2. The molecule has 1 aromatic heterocycles. The van der Waals surface area contributed by atoms with E-state index in [1.165, 1.54) is 4.70 Å². The van der Waals surface area contributed by atoms with E-state index >= 15 is 0 Å². The summed E-state index contributed by atoms with van der Waals surface area (Å²) in [5, 5.41) is 2.21. The standard InChI is InChI=1S/C21H23N4OPS/c1-14-22-17-5-3-15(11-19(17)28-14)18-12-20(26)25-13-16(4-6-21(25)27-18)24-9-7-23(2)8-10-24/h3-6,11-13,21,27H,7-10H2,1-2H3. The lowest BCUT2D eigenvalue weighted by Crippen LogP contribution is -2.45. The highest BCUT2D eigenvalue weighted by atomic mass is 32.1. The van der Waals surface area contributed by atoms with E-state index in [4.69, 9.17) is 0 Å². The fourth-order valence-electron chi connectivity index (χ4n) is 3.89. The van der Waals surface area contributed by atoms with Crippen LogP contribution in [0.25, 0.3) is 15.5 Å². The minimum absolute atomic E-state index is 0.0790. The van der Waals surface area contributed by atoms with E-state index in [-0.39, 0.29) is 11.7 Å². The Balaban J connectivity index is 1.40. The van der Waals surface area contributed by atoms with Crippen LogP contribution in [0.4, 0.5) is 0 Å². The fraction of sp³-hybridized carbons (Fsp3) is 0.333. The first kappa shape index (κ1) is 18.0. The third-order valence-corrected chi connectivity index (χ3v) is 7.96. The van der Waals surface area contributed by atoms with Crippen molar-refractivity contribution in [3.05, 3.63) is 58.9 Å². The molecule has 0 N–H and O–H groups in total. The summed E-state index contributed by atoms with van der Waals surface area (Å²) in [6.45, 7) is 6.18. The van der Waals surface area contributed by atoms with Crippen LogP contribution in [0.15, 0.2) is 48.3 Å². The summed E-state index contributed by atoms with van der Waals surface area (Å²) in [5.41, 5.74) is 3.34. The number of hydrogen-bond donors (Lipinski definition) is 0. The van der Waals surface area contributed by atoms with E-state index in [9.17, 15) is 4.79 Å². The van der Waals surface area contributed by atoms with Gasteiger partial charge < -0.3 is 14.7 Å². The van der Waals surface area contributed by atoms with Crippen LogP contribution >= 0.6 is 19.9 Å². The molecule has 2 unspecified atom stereocenters. The van der Waals surface area contributed by atoms with Crippen LogP contribution in [0.2, 0.25) is 0 Å². The molecular weight excluding hydrogens is 387 g/mol. The second-order valence-corrected chi connectivity index (χ2v) is 10.2. The van der Waals surface area contributed by atoms with Crippen LogP contribution in [0.1, 0.15) is 10.6 Å². The molecule has 0 radical (unpaired) electrons. The summed E-state index contributed by atoms with van der Waals surface area (Å²) in [6.07, 6.45) is 8.27. The van der Waals surface area contributed by atoms with E-state index in [2.05, 4.69) is 52.2 Å². The Hall–Kier alpha value is -2.01. The van der Waals surface area contributed by atoms with Crippen LogP contribution in [0.5, 0.6) is 0 Å². The monoisotopic (exact) mass is 410 g/mol. The Morgan fingerprint density at radius 1 is 1.21 bits per heavy atom. The van der Waals surface area contributed by atoms with Crippen LogP contribution in [0.3, 0.4) is 0 Å². The molecular formula is C21H23N4OPS. The van der Waals surface area contributed by atoms with Crippen molar-refractivity contribution in [1.82, 2.24) is 19.7 Å². The van der Waals surface area contributed by atoms with Crippen LogP contribution in [-0.4, -0.2) is 64.6 Å². The first-order valence-corrected chi connectivity index (χ1v) is 11.5. The van der Waals surface area contributed by atoms with Crippen LogP contribution in [-0.2, 0) is 4.79 Å². The number of hydrogen-bond acceptors (Lipinski definition) is 5. The molecule has 1 aromatic carbocycles. The zero-order valence-corrected chi connectivity index (χ0v) is 17.9. The summed E-state index contributed by atoms with van der Waals surface area (Å²) < 4.78 is 1.19. The summed E-state index contributed by atoms with van der Waals surface area (Å²) in [6, 6.07) is 6.35. The number of likely N-dealkylation sites (N-methyl/N-ethyl adjacent to an activating group) is 1. The number of piperazine rings is 1. The molecule has 28 heavy (non-hydrogen) atoms. The quantitative estimate of drug-likeness (QED) is 0.711. The largest absolute Gasteiger partial charge is 0.368 e. The number of thiazole rings is 1. The van der Waals surface area contributed by atoms with Gasteiger partial charge in [-0.05, 0) is 43.1 Å². The molecule has 0 aliphatic carbocycles. The third kappa shape index (κ3) is 3.30. The van der Waals surface area contributed by atoms with E-state index in [1.54, 1.807) is 11.3 Å². The Morgan fingerprint density at radius 3 is 2.86 bits per heavy atom. The molecule has 3 aliphatic heterocycles. The van der Waals surface area contributed by atoms with Crippen molar-refractivity contribution in [2.75, 3.05) is 33.2 Å². The van der Waals surface area contributed by atoms with Gasteiger partial charge in [0.2, 0.25) is 0 Å². The zero-order valence-electron chi connectivity index (χ0n) is 16.1. The first-order chi connectivity index (χ1) is 13.6. The topological polar surface area (TPSA) is 39.7 Å². The number of aryl methyl sites for hydroxylation is 1. The third-order valence-electron chi connectivity index (χ3n) is 5.52. The van der Waals surface area contributed by atoms with Gasteiger partial charge in [0.05, 0.1) is 26.7 Å². The van der Waals surface area contributed by atoms with Gasteiger partial charge in [-0.2, -0.15) is 0 Å². The Bertz CT molecular complexity index is 1030. The summed E-state index contributed by atoms with van der Waals surface area (Å²) in [7, 11) is 2.71. The Morgan fingerprint density at radius 2 is 2.04 bits per heavy atom. The molecule has 4 heterocycles. The molecule has 0 saturated carbocycles. The molecule has 1 saturated heterocycles. The Labute approximate surface area is 170 Å². The molecule has 1 fully saturated rings. The molecule has 0 spiro atoms. The maximum Gasteiger partial charge on any atom is 0.252 e. The molecule has 3 aliphatic rings. The van der Waals surface area contributed by atoms with Gasteiger partial charge >= 0.3 is 0 Å². The number of carbonyl (C=O) groups is 1. The van der Waals surface area contributed by atoms with Gasteiger partial charge in [-0.1, -0.05) is 20.7 Å². The summed E-state index contributed by atoms with van der Waals surface area (Å²) in [5.74, 6) is 0.206.